The normalized spacial score (nSPS) is 13.0. The molecule has 0 aliphatic carbocycles. The van der Waals surface area contributed by atoms with Crippen molar-refractivity contribution in [3.8, 4) is 0 Å². The van der Waals surface area contributed by atoms with Crippen molar-refractivity contribution in [3.63, 3.8) is 0 Å². The largest absolute Gasteiger partial charge is 0.480 e. The molecular weight excluding hydrogens is 492 g/mol. The molecule has 0 saturated heterocycles. The standard InChI is InChI=1S/C21H40N8O6S/c1-13(28-19(33)14(22)6-5-10-27-21(23)24)18(32)26-11-8-16(30)25-9-4-2-3-7-17(31)29-15(12-36)20(34)35/h13-15,36H,2-12,22H2,1H3,(H,25,30)(H,26,32)(H,28,33)(H,29,31)(H,34,35)(H4,23,24,27)/t13-,14-,15-/m0/s1. The predicted octanol–water partition coefficient (Wildman–Crippen LogP) is -2.45. The maximum absolute atomic E-state index is 12.1. The average molecular weight is 533 g/mol. The Kier molecular flexibility index (Phi) is 17.5. The Bertz CT molecular complexity index is 763. The summed E-state index contributed by atoms with van der Waals surface area (Å²) in [5, 5.41) is 19.1. The topological polar surface area (TPSA) is 244 Å². The maximum atomic E-state index is 12.1. The molecule has 0 aromatic rings. The Hall–Kier alpha value is -3.07. The number of nitrogens with two attached hydrogens (primary N) is 3. The van der Waals surface area contributed by atoms with Crippen molar-refractivity contribution >= 4 is 48.2 Å². The van der Waals surface area contributed by atoms with Gasteiger partial charge in [0.1, 0.15) is 12.1 Å². The Balaban J connectivity index is 3.93. The van der Waals surface area contributed by atoms with Gasteiger partial charge < -0.3 is 43.6 Å². The van der Waals surface area contributed by atoms with E-state index >= 15 is 0 Å². The van der Waals surface area contributed by atoms with Crippen molar-refractivity contribution in [3.05, 3.63) is 0 Å². The van der Waals surface area contributed by atoms with Crippen molar-refractivity contribution < 1.29 is 29.1 Å². The molecule has 0 heterocycles. The first kappa shape index (κ1) is 32.9. The van der Waals surface area contributed by atoms with Crippen molar-refractivity contribution in [2.24, 2.45) is 22.2 Å². The minimum atomic E-state index is -1.13. The van der Waals surface area contributed by atoms with Gasteiger partial charge in [-0.2, -0.15) is 12.6 Å². The highest BCUT2D eigenvalue weighted by molar-refractivity contribution is 7.80. The molecule has 206 valence electrons. The number of carboxylic acids is 1. The number of rotatable bonds is 19. The van der Waals surface area contributed by atoms with Crippen LogP contribution in [0, 0.1) is 0 Å². The first-order valence-corrected chi connectivity index (χ1v) is 12.4. The SMILES string of the molecule is C[C@H](NC(=O)[C@@H](N)CCCN=C(N)N)C(=O)NCCC(=O)NCCCCCC(=O)N[C@@H](CS)C(=O)O. The quantitative estimate of drug-likeness (QED) is 0.0370. The van der Waals surface area contributed by atoms with Crippen molar-refractivity contribution in [1.82, 2.24) is 21.3 Å². The summed E-state index contributed by atoms with van der Waals surface area (Å²) in [7, 11) is 0. The molecule has 36 heavy (non-hydrogen) atoms. The summed E-state index contributed by atoms with van der Waals surface area (Å²) in [5.74, 6) is -2.67. The Labute approximate surface area is 216 Å². The summed E-state index contributed by atoms with van der Waals surface area (Å²) in [6.07, 6.45) is 3.01. The molecule has 0 radical (unpaired) electrons. The lowest BCUT2D eigenvalue weighted by molar-refractivity contribution is -0.141. The van der Waals surface area contributed by atoms with E-state index in [1.807, 2.05) is 0 Å². The van der Waals surface area contributed by atoms with Gasteiger partial charge in [-0.3, -0.25) is 24.2 Å². The lowest BCUT2D eigenvalue weighted by Crippen LogP contribution is -2.50. The summed E-state index contributed by atoms with van der Waals surface area (Å²) >= 11 is 3.88. The molecule has 0 aromatic heterocycles. The second kappa shape index (κ2) is 19.2. The predicted molar refractivity (Wildman–Crippen MR) is 138 cm³/mol. The van der Waals surface area contributed by atoms with Crippen LogP contribution in [0.3, 0.4) is 0 Å². The van der Waals surface area contributed by atoms with Crippen molar-refractivity contribution in [2.75, 3.05) is 25.4 Å². The minimum Gasteiger partial charge on any atom is -0.480 e. The molecule has 0 bridgehead atoms. The van der Waals surface area contributed by atoms with E-state index in [0.29, 0.717) is 45.2 Å². The number of thiol groups is 1. The number of carbonyl (C=O) groups excluding carboxylic acids is 4. The highest BCUT2D eigenvalue weighted by Crippen LogP contribution is 2.00. The molecule has 14 nitrogen and oxygen atoms in total. The fourth-order valence-electron chi connectivity index (χ4n) is 2.84. The van der Waals surface area contributed by atoms with Crippen LogP contribution >= 0.6 is 12.6 Å². The van der Waals surface area contributed by atoms with Gasteiger partial charge in [0.25, 0.3) is 0 Å². The van der Waals surface area contributed by atoms with Crippen molar-refractivity contribution in [1.29, 1.82) is 0 Å². The molecule has 0 saturated carbocycles. The molecular formula is C21H40N8O6S. The van der Waals surface area contributed by atoms with E-state index in [1.165, 1.54) is 6.92 Å². The van der Waals surface area contributed by atoms with Crippen LogP contribution in [0.1, 0.15) is 51.9 Å². The number of carboxylic acid groups (broad SMARTS) is 1. The number of nitrogens with one attached hydrogen (secondary N) is 4. The zero-order valence-electron chi connectivity index (χ0n) is 20.6. The van der Waals surface area contributed by atoms with E-state index in [4.69, 9.17) is 22.3 Å². The molecule has 0 aromatic carbocycles. The van der Waals surface area contributed by atoms with Crippen LogP contribution in [0.25, 0.3) is 0 Å². The average Bonchev–Trinajstić information content (AvgIpc) is 2.81. The number of carbonyl (C=O) groups is 5. The molecule has 0 aliphatic heterocycles. The third kappa shape index (κ3) is 16.5. The molecule has 3 atom stereocenters. The van der Waals surface area contributed by atoms with Gasteiger partial charge in [-0.1, -0.05) is 6.42 Å². The second-order valence-electron chi connectivity index (χ2n) is 8.13. The maximum Gasteiger partial charge on any atom is 0.327 e. The highest BCUT2D eigenvalue weighted by Gasteiger charge is 2.20. The van der Waals surface area contributed by atoms with E-state index in [2.05, 4.69) is 38.9 Å². The molecule has 0 spiro atoms. The lowest BCUT2D eigenvalue weighted by Gasteiger charge is -2.17. The van der Waals surface area contributed by atoms with Crippen LogP contribution in [0.2, 0.25) is 0 Å². The summed E-state index contributed by atoms with van der Waals surface area (Å²) in [6.45, 7) is 2.38. The fraction of sp³-hybridized carbons (Fsp3) is 0.714. The summed E-state index contributed by atoms with van der Waals surface area (Å²) in [5.41, 5.74) is 16.2. The summed E-state index contributed by atoms with van der Waals surface area (Å²) < 4.78 is 0. The number of aliphatic imine (C=N–C) groups is 1. The summed E-state index contributed by atoms with van der Waals surface area (Å²) in [4.78, 5) is 62.4. The van der Waals surface area contributed by atoms with E-state index < -0.39 is 35.9 Å². The van der Waals surface area contributed by atoms with Crippen LogP contribution in [0.4, 0.5) is 0 Å². The molecule has 0 aliphatic rings. The number of guanidine groups is 1. The molecule has 0 unspecified atom stereocenters. The van der Waals surface area contributed by atoms with E-state index in [1.54, 1.807) is 0 Å². The molecule has 0 rings (SSSR count). The Morgan fingerprint density at radius 3 is 2.19 bits per heavy atom. The number of hydrogen-bond acceptors (Lipinski definition) is 8. The molecule has 11 N–H and O–H groups in total. The summed E-state index contributed by atoms with van der Waals surface area (Å²) in [6, 6.07) is -2.63. The monoisotopic (exact) mass is 532 g/mol. The molecule has 0 fully saturated rings. The van der Waals surface area contributed by atoms with Crippen LogP contribution in [-0.2, 0) is 24.0 Å². The van der Waals surface area contributed by atoms with Crippen LogP contribution < -0.4 is 38.5 Å². The Morgan fingerprint density at radius 1 is 0.889 bits per heavy atom. The lowest BCUT2D eigenvalue weighted by atomic mass is 10.1. The van der Waals surface area contributed by atoms with Gasteiger partial charge in [-0.05, 0) is 32.6 Å². The smallest absolute Gasteiger partial charge is 0.327 e. The number of aliphatic carboxylic acids is 1. The van der Waals surface area contributed by atoms with E-state index in [9.17, 15) is 24.0 Å². The second-order valence-corrected chi connectivity index (χ2v) is 8.49. The molecule has 15 heteroatoms. The van der Waals surface area contributed by atoms with E-state index in [-0.39, 0.29) is 42.9 Å². The highest BCUT2D eigenvalue weighted by atomic mass is 32.1. The van der Waals surface area contributed by atoms with Gasteiger partial charge in [0.2, 0.25) is 23.6 Å². The van der Waals surface area contributed by atoms with Crippen molar-refractivity contribution in [2.45, 2.75) is 70.0 Å². The first-order valence-electron chi connectivity index (χ1n) is 11.8. The number of nitrogens with zero attached hydrogens (tertiary/aromatic N) is 1. The molecule has 4 amide bonds. The third-order valence-corrected chi connectivity index (χ3v) is 5.29. The van der Waals surface area contributed by atoms with Gasteiger partial charge in [0.15, 0.2) is 5.96 Å². The van der Waals surface area contributed by atoms with Crippen LogP contribution in [0.5, 0.6) is 0 Å². The van der Waals surface area contributed by atoms with Gasteiger partial charge >= 0.3 is 5.97 Å². The van der Waals surface area contributed by atoms with Gasteiger partial charge in [0.05, 0.1) is 6.04 Å². The number of hydrogen-bond donors (Lipinski definition) is 9. The van der Waals surface area contributed by atoms with Gasteiger partial charge in [0, 0.05) is 38.2 Å². The van der Waals surface area contributed by atoms with Gasteiger partial charge in [-0.15, -0.1) is 0 Å². The van der Waals surface area contributed by atoms with Crippen LogP contribution in [-0.4, -0.2) is 84.2 Å². The fourth-order valence-corrected chi connectivity index (χ4v) is 3.09. The van der Waals surface area contributed by atoms with E-state index in [0.717, 1.165) is 0 Å². The number of unbranched alkanes of at least 4 members (excludes halogenated alkanes) is 2. The Morgan fingerprint density at radius 2 is 1.58 bits per heavy atom. The first-order chi connectivity index (χ1) is 17.0. The van der Waals surface area contributed by atoms with Crippen LogP contribution in [0.15, 0.2) is 4.99 Å². The minimum absolute atomic E-state index is 0.0120. The number of amides is 4. The zero-order chi connectivity index (χ0) is 27.5. The third-order valence-electron chi connectivity index (χ3n) is 4.93. The zero-order valence-corrected chi connectivity index (χ0v) is 21.5. The van der Waals surface area contributed by atoms with Gasteiger partial charge in [-0.25, -0.2) is 4.79 Å².